The number of nitrogens with one attached hydrogen (secondary N) is 1. The number of carbonyl (C=O) groups excluding carboxylic acids is 1. The maximum atomic E-state index is 12.5. The number of carbonyl (C=O) groups is 1. The highest BCUT2D eigenvalue weighted by Gasteiger charge is 2.28. The van der Waals surface area contributed by atoms with Crippen LogP contribution in [0.25, 0.3) is 11.0 Å². The molecule has 0 aromatic carbocycles. The molecule has 150 valence electrons. The fraction of sp³-hybridized carbons (Fsp3) is 0.350. The standard InChI is InChI=1S/C20H23N7O2/c1-3-17(28)25-11-14(12-25)7-8-27-18(29)6-5-15-9-21-20(24-19(15)27)23-16-10-22-26(4-2)13-16/h3,5-6,9-10,13-14H,1,4,7-8,11-12H2,2H3,(H,21,23,24). The van der Waals surface area contributed by atoms with Gasteiger partial charge in [-0.25, -0.2) is 4.98 Å². The third-order valence-electron chi connectivity index (χ3n) is 5.14. The molecule has 4 rings (SSSR count). The molecular formula is C20H23N7O2. The van der Waals surface area contributed by atoms with Crippen LogP contribution in [0.4, 0.5) is 11.6 Å². The molecule has 9 heteroatoms. The zero-order valence-electron chi connectivity index (χ0n) is 16.3. The average Bonchev–Trinajstić information content (AvgIpc) is 3.15. The largest absolute Gasteiger partial charge is 0.338 e. The Morgan fingerprint density at radius 2 is 2.17 bits per heavy atom. The summed E-state index contributed by atoms with van der Waals surface area (Å²) in [5, 5.41) is 8.16. The maximum absolute atomic E-state index is 12.5. The van der Waals surface area contributed by atoms with Crippen molar-refractivity contribution in [3.8, 4) is 0 Å². The van der Waals surface area contributed by atoms with Crippen molar-refractivity contribution in [1.82, 2.24) is 29.2 Å². The van der Waals surface area contributed by atoms with E-state index in [4.69, 9.17) is 0 Å². The fourth-order valence-electron chi connectivity index (χ4n) is 3.45. The molecule has 3 aromatic heterocycles. The second kappa shape index (κ2) is 7.86. The summed E-state index contributed by atoms with van der Waals surface area (Å²) in [4.78, 5) is 34.7. The van der Waals surface area contributed by atoms with Crippen molar-refractivity contribution in [2.45, 2.75) is 26.4 Å². The quantitative estimate of drug-likeness (QED) is 0.615. The second-order valence-electron chi connectivity index (χ2n) is 7.11. The van der Waals surface area contributed by atoms with Crippen LogP contribution in [0.3, 0.4) is 0 Å². The molecule has 0 spiro atoms. The lowest BCUT2D eigenvalue weighted by Crippen LogP contribution is -2.49. The van der Waals surface area contributed by atoms with E-state index < -0.39 is 0 Å². The molecular weight excluding hydrogens is 370 g/mol. The van der Waals surface area contributed by atoms with Crippen molar-refractivity contribution in [1.29, 1.82) is 0 Å². The van der Waals surface area contributed by atoms with E-state index in [-0.39, 0.29) is 11.5 Å². The number of rotatable bonds is 7. The van der Waals surface area contributed by atoms with E-state index in [0.29, 0.717) is 37.1 Å². The average molecular weight is 393 g/mol. The van der Waals surface area contributed by atoms with E-state index in [0.717, 1.165) is 24.0 Å². The minimum atomic E-state index is -0.0979. The molecule has 1 amide bonds. The van der Waals surface area contributed by atoms with Crippen molar-refractivity contribution >= 4 is 28.6 Å². The van der Waals surface area contributed by atoms with Crippen LogP contribution in [0.15, 0.2) is 48.2 Å². The van der Waals surface area contributed by atoms with Gasteiger partial charge in [0, 0.05) is 50.0 Å². The molecule has 0 saturated carbocycles. The Kier molecular flexibility index (Phi) is 5.11. The first-order chi connectivity index (χ1) is 14.1. The second-order valence-corrected chi connectivity index (χ2v) is 7.11. The first-order valence-electron chi connectivity index (χ1n) is 9.64. The SMILES string of the molecule is C=CC(=O)N1CC(CCn2c(=O)ccc3cnc(Nc4cnn(CC)c4)nc32)C1. The lowest BCUT2D eigenvalue weighted by atomic mass is 9.96. The molecule has 1 aliphatic rings. The summed E-state index contributed by atoms with van der Waals surface area (Å²) < 4.78 is 3.48. The molecule has 0 atom stereocenters. The van der Waals surface area contributed by atoms with E-state index in [1.807, 2.05) is 13.1 Å². The Morgan fingerprint density at radius 3 is 2.90 bits per heavy atom. The molecule has 1 fully saturated rings. The molecule has 1 saturated heterocycles. The number of aryl methyl sites for hydroxylation is 2. The molecule has 0 unspecified atom stereocenters. The van der Waals surface area contributed by atoms with Crippen LogP contribution in [-0.2, 0) is 17.9 Å². The lowest BCUT2D eigenvalue weighted by molar-refractivity contribution is -0.132. The number of hydrogen-bond donors (Lipinski definition) is 1. The van der Waals surface area contributed by atoms with E-state index >= 15 is 0 Å². The summed E-state index contributed by atoms with van der Waals surface area (Å²) >= 11 is 0. The smallest absolute Gasteiger partial charge is 0.252 e. The zero-order chi connectivity index (χ0) is 20.4. The predicted molar refractivity (Wildman–Crippen MR) is 110 cm³/mol. The first kappa shape index (κ1) is 18.9. The van der Waals surface area contributed by atoms with Gasteiger partial charge in [0.25, 0.3) is 5.56 Å². The normalized spacial score (nSPS) is 14.0. The van der Waals surface area contributed by atoms with Crippen LogP contribution in [-0.4, -0.2) is 48.2 Å². The lowest BCUT2D eigenvalue weighted by Gasteiger charge is -2.38. The Morgan fingerprint density at radius 1 is 1.34 bits per heavy atom. The van der Waals surface area contributed by atoms with Crippen molar-refractivity contribution < 1.29 is 4.79 Å². The third-order valence-corrected chi connectivity index (χ3v) is 5.14. The number of amides is 1. The summed E-state index contributed by atoms with van der Waals surface area (Å²) in [5.41, 5.74) is 1.29. The summed E-state index contributed by atoms with van der Waals surface area (Å²) in [6.07, 6.45) is 7.43. The van der Waals surface area contributed by atoms with E-state index in [1.54, 1.807) is 38.7 Å². The van der Waals surface area contributed by atoms with Crippen molar-refractivity contribution in [2.24, 2.45) is 5.92 Å². The number of nitrogens with zero attached hydrogens (tertiary/aromatic N) is 6. The summed E-state index contributed by atoms with van der Waals surface area (Å²) in [5.74, 6) is 0.748. The summed E-state index contributed by atoms with van der Waals surface area (Å²) in [6, 6.07) is 3.28. The van der Waals surface area contributed by atoms with Gasteiger partial charge in [-0.05, 0) is 31.4 Å². The van der Waals surface area contributed by atoms with Crippen molar-refractivity contribution in [3.05, 3.63) is 53.7 Å². The van der Waals surface area contributed by atoms with Gasteiger partial charge >= 0.3 is 0 Å². The van der Waals surface area contributed by atoms with Crippen molar-refractivity contribution in [3.63, 3.8) is 0 Å². The Hall–Kier alpha value is -3.49. The van der Waals surface area contributed by atoms with Gasteiger partial charge in [-0.3, -0.25) is 18.8 Å². The molecule has 0 radical (unpaired) electrons. The van der Waals surface area contributed by atoms with E-state index in [9.17, 15) is 9.59 Å². The Labute approximate surface area is 167 Å². The number of pyridine rings is 1. The Balaban J connectivity index is 1.52. The maximum Gasteiger partial charge on any atom is 0.252 e. The molecule has 3 aromatic rings. The van der Waals surface area contributed by atoms with Gasteiger partial charge in [-0.2, -0.15) is 10.1 Å². The van der Waals surface area contributed by atoms with Crippen LogP contribution in [0, 0.1) is 5.92 Å². The molecule has 1 N–H and O–H groups in total. The minimum Gasteiger partial charge on any atom is -0.338 e. The first-order valence-corrected chi connectivity index (χ1v) is 9.64. The number of anilines is 2. The van der Waals surface area contributed by atoms with Gasteiger partial charge in [0.1, 0.15) is 5.65 Å². The van der Waals surface area contributed by atoms with Crippen LogP contribution in [0.1, 0.15) is 13.3 Å². The highest BCUT2D eigenvalue weighted by atomic mass is 16.2. The minimum absolute atomic E-state index is 0.0431. The third kappa shape index (κ3) is 3.89. The zero-order valence-corrected chi connectivity index (χ0v) is 16.3. The molecule has 0 aliphatic carbocycles. The number of likely N-dealkylation sites (tertiary alicyclic amines) is 1. The topological polar surface area (TPSA) is 97.9 Å². The van der Waals surface area contributed by atoms with Gasteiger partial charge in [0.15, 0.2) is 0 Å². The molecule has 1 aliphatic heterocycles. The monoisotopic (exact) mass is 393 g/mol. The van der Waals surface area contributed by atoms with Crippen LogP contribution in [0.2, 0.25) is 0 Å². The molecule has 4 heterocycles. The van der Waals surface area contributed by atoms with Gasteiger partial charge in [-0.15, -0.1) is 0 Å². The molecule has 9 nitrogen and oxygen atoms in total. The molecule has 29 heavy (non-hydrogen) atoms. The van der Waals surface area contributed by atoms with E-state index in [1.165, 1.54) is 6.08 Å². The Bertz CT molecular complexity index is 1110. The highest BCUT2D eigenvalue weighted by molar-refractivity contribution is 5.87. The van der Waals surface area contributed by atoms with Gasteiger partial charge < -0.3 is 10.2 Å². The number of aromatic nitrogens is 5. The van der Waals surface area contributed by atoms with Crippen LogP contribution < -0.4 is 10.9 Å². The van der Waals surface area contributed by atoms with Crippen molar-refractivity contribution in [2.75, 3.05) is 18.4 Å². The van der Waals surface area contributed by atoms with E-state index in [2.05, 4.69) is 27.0 Å². The van der Waals surface area contributed by atoms with Crippen LogP contribution in [0.5, 0.6) is 0 Å². The summed E-state index contributed by atoms with van der Waals surface area (Å²) in [6.45, 7) is 8.24. The number of fused-ring (bicyclic) bond motifs is 1. The molecule has 0 bridgehead atoms. The van der Waals surface area contributed by atoms with Gasteiger partial charge in [0.2, 0.25) is 11.9 Å². The number of hydrogen-bond acceptors (Lipinski definition) is 6. The fourth-order valence-corrected chi connectivity index (χ4v) is 3.45. The summed E-state index contributed by atoms with van der Waals surface area (Å²) in [7, 11) is 0. The predicted octanol–water partition coefficient (Wildman–Crippen LogP) is 1.79. The highest BCUT2D eigenvalue weighted by Crippen LogP contribution is 2.21. The van der Waals surface area contributed by atoms with Gasteiger partial charge in [-0.1, -0.05) is 6.58 Å². The van der Waals surface area contributed by atoms with Crippen LogP contribution >= 0.6 is 0 Å². The van der Waals surface area contributed by atoms with Gasteiger partial charge in [0.05, 0.1) is 11.9 Å².